The van der Waals surface area contributed by atoms with E-state index < -0.39 is 0 Å². The standard InChI is InChI=1S/C16H25NO4/c1-4-17-16(11-18)6-5-12(10-16)21-15-8-13(19-2)7-14(9-15)20-3/h7-9,12,17-18H,4-6,10-11H2,1-3H3. The molecule has 0 aliphatic heterocycles. The minimum atomic E-state index is -0.206. The van der Waals surface area contributed by atoms with Gasteiger partial charge in [-0.3, -0.25) is 0 Å². The van der Waals surface area contributed by atoms with E-state index in [1.54, 1.807) is 14.2 Å². The van der Waals surface area contributed by atoms with Crippen molar-refractivity contribution >= 4 is 0 Å². The number of rotatable bonds is 7. The molecule has 2 rings (SSSR count). The molecule has 5 heteroatoms. The molecule has 1 aliphatic rings. The maximum Gasteiger partial charge on any atom is 0.127 e. The molecule has 0 aromatic heterocycles. The van der Waals surface area contributed by atoms with E-state index in [1.807, 2.05) is 18.2 Å². The van der Waals surface area contributed by atoms with E-state index >= 15 is 0 Å². The lowest BCUT2D eigenvalue weighted by molar-refractivity contribution is 0.141. The molecule has 0 heterocycles. The Morgan fingerprint density at radius 1 is 1.19 bits per heavy atom. The van der Waals surface area contributed by atoms with Crippen molar-refractivity contribution in [2.75, 3.05) is 27.4 Å². The van der Waals surface area contributed by atoms with Gasteiger partial charge in [0.2, 0.25) is 0 Å². The Morgan fingerprint density at radius 3 is 2.33 bits per heavy atom. The van der Waals surface area contributed by atoms with Gasteiger partial charge in [-0.25, -0.2) is 0 Å². The smallest absolute Gasteiger partial charge is 0.127 e. The largest absolute Gasteiger partial charge is 0.496 e. The highest BCUT2D eigenvalue weighted by molar-refractivity contribution is 5.42. The normalized spacial score (nSPS) is 24.9. The summed E-state index contributed by atoms with van der Waals surface area (Å²) >= 11 is 0. The molecule has 1 fully saturated rings. The van der Waals surface area contributed by atoms with Gasteiger partial charge in [0.25, 0.3) is 0 Å². The van der Waals surface area contributed by atoms with Crippen LogP contribution in [-0.2, 0) is 0 Å². The van der Waals surface area contributed by atoms with Crippen molar-refractivity contribution in [3.05, 3.63) is 18.2 Å². The van der Waals surface area contributed by atoms with Crippen LogP contribution in [0, 0.1) is 0 Å². The summed E-state index contributed by atoms with van der Waals surface area (Å²) in [5, 5.41) is 13.0. The Kier molecular flexibility index (Phi) is 5.31. The van der Waals surface area contributed by atoms with Crippen LogP contribution in [0.4, 0.5) is 0 Å². The predicted octanol–water partition coefficient (Wildman–Crippen LogP) is 1.98. The Labute approximate surface area is 126 Å². The van der Waals surface area contributed by atoms with Gasteiger partial charge in [-0.05, 0) is 19.4 Å². The number of hydrogen-bond acceptors (Lipinski definition) is 5. The third-order valence-electron chi connectivity index (χ3n) is 4.05. The molecule has 0 saturated heterocycles. The number of likely N-dealkylation sites (N-methyl/N-ethyl adjacent to an activating group) is 1. The first kappa shape index (κ1) is 15.9. The summed E-state index contributed by atoms with van der Waals surface area (Å²) in [6.45, 7) is 3.04. The number of aliphatic hydroxyl groups excluding tert-OH is 1. The number of nitrogens with one attached hydrogen (secondary N) is 1. The van der Waals surface area contributed by atoms with Gasteiger partial charge in [0, 0.05) is 30.2 Å². The second-order valence-electron chi connectivity index (χ2n) is 5.50. The van der Waals surface area contributed by atoms with Gasteiger partial charge in [-0.2, -0.15) is 0 Å². The fourth-order valence-corrected chi connectivity index (χ4v) is 2.95. The van der Waals surface area contributed by atoms with Gasteiger partial charge in [0.15, 0.2) is 0 Å². The maximum atomic E-state index is 9.64. The number of ether oxygens (including phenoxy) is 3. The van der Waals surface area contributed by atoms with Crippen LogP contribution in [0.15, 0.2) is 18.2 Å². The minimum Gasteiger partial charge on any atom is -0.496 e. The molecule has 118 valence electrons. The van der Waals surface area contributed by atoms with Crippen molar-refractivity contribution in [3.8, 4) is 17.2 Å². The Balaban J connectivity index is 2.05. The SMILES string of the molecule is CCNC1(CO)CCC(Oc2cc(OC)cc(OC)c2)C1. The van der Waals surface area contributed by atoms with Crippen LogP contribution in [-0.4, -0.2) is 44.1 Å². The highest BCUT2D eigenvalue weighted by atomic mass is 16.5. The van der Waals surface area contributed by atoms with Crippen LogP contribution in [0.25, 0.3) is 0 Å². The van der Waals surface area contributed by atoms with Crippen LogP contribution in [0.5, 0.6) is 17.2 Å². The molecular weight excluding hydrogens is 270 g/mol. The maximum absolute atomic E-state index is 9.64. The lowest BCUT2D eigenvalue weighted by Crippen LogP contribution is -2.46. The van der Waals surface area contributed by atoms with Crippen molar-refractivity contribution in [1.29, 1.82) is 0 Å². The van der Waals surface area contributed by atoms with Crippen LogP contribution < -0.4 is 19.5 Å². The zero-order valence-corrected chi connectivity index (χ0v) is 13.0. The molecule has 21 heavy (non-hydrogen) atoms. The van der Waals surface area contributed by atoms with E-state index in [0.717, 1.165) is 31.6 Å². The van der Waals surface area contributed by atoms with Gasteiger partial charge in [-0.1, -0.05) is 6.92 Å². The first-order valence-corrected chi connectivity index (χ1v) is 7.40. The molecular formula is C16H25NO4. The Hall–Kier alpha value is -1.46. The van der Waals surface area contributed by atoms with E-state index in [4.69, 9.17) is 14.2 Å². The summed E-state index contributed by atoms with van der Waals surface area (Å²) < 4.78 is 16.6. The van der Waals surface area contributed by atoms with E-state index in [1.165, 1.54) is 0 Å². The van der Waals surface area contributed by atoms with Gasteiger partial charge >= 0.3 is 0 Å². The summed E-state index contributed by atoms with van der Waals surface area (Å²) in [5.41, 5.74) is -0.206. The van der Waals surface area contributed by atoms with Crippen molar-refractivity contribution in [2.24, 2.45) is 0 Å². The van der Waals surface area contributed by atoms with Crippen molar-refractivity contribution in [3.63, 3.8) is 0 Å². The quantitative estimate of drug-likeness (QED) is 0.805. The second kappa shape index (κ2) is 7.00. The van der Waals surface area contributed by atoms with Gasteiger partial charge < -0.3 is 24.6 Å². The summed E-state index contributed by atoms with van der Waals surface area (Å²) in [6, 6.07) is 5.53. The monoisotopic (exact) mass is 295 g/mol. The van der Waals surface area contributed by atoms with Crippen molar-refractivity contribution in [2.45, 2.75) is 37.8 Å². The van der Waals surface area contributed by atoms with Gasteiger partial charge in [0.1, 0.15) is 23.4 Å². The second-order valence-corrected chi connectivity index (χ2v) is 5.50. The molecule has 1 aliphatic carbocycles. The molecule has 5 nitrogen and oxygen atoms in total. The van der Waals surface area contributed by atoms with Crippen molar-refractivity contribution in [1.82, 2.24) is 5.32 Å². The summed E-state index contributed by atoms with van der Waals surface area (Å²) in [5.74, 6) is 2.16. The zero-order chi connectivity index (χ0) is 15.3. The highest BCUT2D eigenvalue weighted by Crippen LogP contribution is 2.35. The molecule has 1 aromatic rings. The average Bonchev–Trinajstić information content (AvgIpc) is 2.90. The molecule has 2 N–H and O–H groups in total. The molecule has 0 spiro atoms. The zero-order valence-electron chi connectivity index (χ0n) is 13.0. The molecule has 2 unspecified atom stereocenters. The predicted molar refractivity (Wildman–Crippen MR) is 81.3 cm³/mol. The van der Waals surface area contributed by atoms with Crippen LogP contribution in [0.1, 0.15) is 26.2 Å². The molecule has 0 amide bonds. The number of aliphatic hydroxyl groups is 1. The molecule has 2 atom stereocenters. The van der Waals surface area contributed by atoms with E-state index in [2.05, 4.69) is 12.2 Å². The first-order chi connectivity index (χ1) is 10.1. The van der Waals surface area contributed by atoms with Gasteiger partial charge in [0.05, 0.1) is 20.8 Å². The lowest BCUT2D eigenvalue weighted by Gasteiger charge is -2.28. The lowest BCUT2D eigenvalue weighted by atomic mass is 9.99. The van der Waals surface area contributed by atoms with E-state index in [0.29, 0.717) is 11.5 Å². The highest BCUT2D eigenvalue weighted by Gasteiger charge is 2.39. The average molecular weight is 295 g/mol. The molecule has 0 bridgehead atoms. The summed E-state index contributed by atoms with van der Waals surface area (Å²) in [4.78, 5) is 0. The molecule has 1 aromatic carbocycles. The number of hydrogen-bond donors (Lipinski definition) is 2. The third kappa shape index (κ3) is 3.80. The Morgan fingerprint density at radius 2 is 1.81 bits per heavy atom. The molecule has 0 radical (unpaired) electrons. The number of benzene rings is 1. The van der Waals surface area contributed by atoms with Crippen LogP contribution in [0.2, 0.25) is 0 Å². The van der Waals surface area contributed by atoms with Crippen LogP contribution in [0.3, 0.4) is 0 Å². The minimum absolute atomic E-state index is 0.0908. The molecule has 1 saturated carbocycles. The van der Waals surface area contributed by atoms with Gasteiger partial charge in [-0.15, -0.1) is 0 Å². The van der Waals surface area contributed by atoms with E-state index in [9.17, 15) is 5.11 Å². The fourth-order valence-electron chi connectivity index (χ4n) is 2.95. The summed E-state index contributed by atoms with van der Waals surface area (Å²) in [7, 11) is 3.24. The number of methoxy groups -OCH3 is 2. The first-order valence-electron chi connectivity index (χ1n) is 7.40. The van der Waals surface area contributed by atoms with E-state index in [-0.39, 0.29) is 18.2 Å². The van der Waals surface area contributed by atoms with Crippen LogP contribution >= 0.6 is 0 Å². The third-order valence-corrected chi connectivity index (χ3v) is 4.05. The topological polar surface area (TPSA) is 60.0 Å². The fraction of sp³-hybridized carbons (Fsp3) is 0.625. The van der Waals surface area contributed by atoms with Crippen molar-refractivity contribution < 1.29 is 19.3 Å². The Bertz CT molecular complexity index is 443. The summed E-state index contributed by atoms with van der Waals surface area (Å²) in [6.07, 6.45) is 2.74.